The first kappa shape index (κ1) is 16.1. The molecule has 1 aromatic carbocycles. The molecule has 0 heterocycles. The van der Waals surface area contributed by atoms with Gasteiger partial charge < -0.3 is 21.3 Å². The molecule has 0 spiro atoms. The van der Waals surface area contributed by atoms with Crippen LogP contribution in [0, 0.1) is 5.92 Å². The molecule has 110 valence electrons. The maximum absolute atomic E-state index is 11.9. The van der Waals surface area contributed by atoms with Crippen molar-refractivity contribution in [2.75, 3.05) is 6.54 Å². The van der Waals surface area contributed by atoms with Crippen molar-refractivity contribution in [2.45, 2.75) is 25.5 Å². The Labute approximate surface area is 117 Å². The predicted molar refractivity (Wildman–Crippen MR) is 73.6 cm³/mol. The standard InChI is InChI=1S/C14H20N2O4/c15-7-6-11(8-12(16)13(17)18)14(19)20-9-10-4-2-1-3-5-10/h1-5,11-12H,6-9,15-16H2,(H,17,18)/t11?,12-/m0/s1. The predicted octanol–water partition coefficient (Wildman–Crippen LogP) is 0.497. The van der Waals surface area contributed by atoms with Gasteiger partial charge in [0.05, 0.1) is 5.92 Å². The van der Waals surface area contributed by atoms with E-state index >= 15 is 0 Å². The van der Waals surface area contributed by atoms with E-state index in [2.05, 4.69) is 0 Å². The van der Waals surface area contributed by atoms with Gasteiger partial charge in [-0.1, -0.05) is 30.3 Å². The van der Waals surface area contributed by atoms with Crippen LogP contribution in [-0.2, 0) is 20.9 Å². The molecular weight excluding hydrogens is 260 g/mol. The highest BCUT2D eigenvalue weighted by Gasteiger charge is 2.25. The molecule has 0 aliphatic carbocycles. The van der Waals surface area contributed by atoms with Crippen molar-refractivity contribution in [3.8, 4) is 0 Å². The van der Waals surface area contributed by atoms with Gasteiger partial charge in [0, 0.05) is 0 Å². The molecule has 0 aromatic heterocycles. The van der Waals surface area contributed by atoms with E-state index < -0.39 is 23.9 Å². The van der Waals surface area contributed by atoms with Gasteiger partial charge in [0.25, 0.3) is 0 Å². The van der Waals surface area contributed by atoms with Gasteiger partial charge in [-0.15, -0.1) is 0 Å². The van der Waals surface area contributed by atoms with Gasteiger partial charge in [-0.05, 0) is 24.9 Å². The Morgan fingerprint density at radius 3 is 2.45 bits per heavy atom. The Kier molecular flexibility index (Phi) is 6.69. The van der Waals surface area contributed by atoms with Gasteiger partial charge in [0.2, 0.25) is 0 Å². The van der Waals surface area contributed by atoms with Gasteiger partial charge in [-0.2, -0.15) is 0 Å². The lowest BCUT2D eigenvalue weighted by Crippen LogP contribution is -2.35. The molecule has 0 saturated heterocycles. The fraction of sp³-hybridized carbons (Fsp3) is 0.429. The van der Waals surface area contributed by atoms with Crippen molar-refractivity contribution < 1.29 is 19.4 Å². The Balaban J connectivity index is 2.53. The van der Waals surface area contributed by atoms with E-state index in [1.54, 1.807) is 0 Å². The molecule has 2 atom stereocenters. The molecular formula is C14H20N2O4. The Bertz CT molecular complexity index is 436. The Hall–Kier alpha value is -1.92. The van der Waals surface area contributed by atoms with Crippen LogP contribution in [0.25, 0.3) is 0 Å². The number of ether oxygens (including phenoxy) is 1. The molecule has 0 aliphatic rings. The minimum Gasteiger partial charge on any atom is -0.480 e. The van der Waals surface area contributed by atoms with Gasteiger partial charge in [-0.3, -0.25) is 9.59 Å². The summed E-state index contributed by atoms with van der Waals surface area (Å²) in [4.78, 5) is 22.7. The Morgan fingerprint density at radius 2 is 1.90 bits per heavy atom. The number of benzene rings is 1. The summed E-state index contributed by atoms with van der Waals surface area (Å²) in [6.07, 6.45) is 0.384. The number of carboxylic acid groups (broad SMARTS) is 1. The van der Waals surface area contributed by atoms with Crippen LogP contribution in [0.15, 0.2) is 30.3 Å². The zero-order valence-electron chi connectivity index (χ0n) is 11.2. The van der Waals surface area contributed by atoms with Crippen LogP contribution < -0.4 is 11.5 Å². The minimum absolute atomic E-state index is 0.0279. The first-order valence-corrected chi connectivity index (χ1v) is 6.43. The second-order valence-corrected chi connectivity index (χ2v) is 4.55. The minimum atomic E-state index is -1.14. The van der Waals surface area contributed by atoms with Gasteiger partial charge >= 0.3 is 11.9 Å². The number of aliphatic carboxylic acids is 1. The quantitative estimate of drug-likeness (QED) is 0.597. The molecule has 1 unspecified atom stereocenters. The summed E-state index contributed by atoms with van der Waals surface area (Å²) in [7, 11) is 0. The molecule has 0 radical (unpaired) electrons. The van der Waals surface area contributed by atoms with Crippen molar-refractivity contribution in [2.24, 2.45) is 17.4 Å². The van der Waals surface area contributed by atoms with Crippen molar-refractivity contribution in [3.05, 3.63) is 35.9 Å². The molecule has 0 saturated carbocycles. The number of hydrogen-bond donors (Lipinski definition) is 3. The summed E-state index contributed by atoms with van der Waals surface area (Å²) in [6, 6.07) is 8.16. The molecule has 1 aromatic rings. The van der Waals surface area contributed by atoms with Crippen LogP contribution in [0.2, 0.25) is 0 Å². The summed E-state index contributed by atoms with van der Waals surface area (Å²) < 4.78 is 5.18. The van der Waals surface area contributed by atoms with Crippen LogP contribution in [0.3, 0.4) is 0 Å². The van der Waals surface area contributed by atoms with E-state index in [1.165, 1.54) is 0 Å². The first-order valence-electron chi connectivity index (χ1n) is 6.43. The van der Waals surface area contributed by atoms with E-state index in [4.69, 9.17) is 21.3 Å². The van der Waals surface area contributed by atoms with Crippen LogP contribution >= 0.6 is 0 Å². The fourth-order valence-corrected chi connectivity index (χ4v) is 1.79. The number of rotatable bonds is 8. The first-order chi connectivity index (χ1) is 9.54. The molecule has 6 nitrogen and oxygen atoms in total. The summed E-state index contributed by atoms with van der Waals surface area (Å²) >= 11 is 0. The summed E-state index contributed by atoms with van der Waals surface area (Å²) in [5, 5.41) is 8.78. The lowest BCUT2D eigenvalue weighted by Gasteiger charge is -2.17. The number of hydrogen-bond acceptors (Lipinski definition) is 5. The van der Waals surface area contributed by atoms with Crippen LogP contribution in [0.4, 0.5) is 0 Å². The zero-order chi connectivity index (χ0) is 15.0. The molecule has 0 fully saturated rings. The lowest BCUT2D eigenvalue weighted by molar-refractivity contribution is -0.151. The van der Waals surface area contributed by atoms with Gasteiger partial charge in [0.15, 0.2) is 0 Å². The fourth-order valence-electron chi connectivity index (χ4n) is 1.79. The van der Waals surface area contributed by atoms with Gasteiger partial charge in [-0.25, -0.2) is 0 Å². The maximum atomic E-state index is 11.9. The number of esters is 1. The van der Waals surface area contributed by atoms with E-state index in [-0.39, 0.29) is 19.6 Å². The summed E-state index contributed by atoms with van der Waals surface area (Å²) in [5.41, 5.74) is 11.7. The molecule has 0 aliphatic heterocycles. The normalized spacial score (nSPS) is 13.5. The third-order valence-corrected chi connectivity index (χ3v) is 2.93. The molecule has 20 heavy (non-hydrogen) atoms. The SMILES string of the molecule is NCCC(C[C@H](N)C(=O)O)C(=O)OCc1ccccc1. The molecule has 0 amide bonds. The van der Waals surface area contributed by atoms with E-state index in [0.29, 0.717) is 6.42 Å². The summed E-state index contributed by atoms with van der Waals surface area (Å²) in [5.74, 6) is -2.19. The number of carbonyl (C=O) groups excluding carboxylic acids is 1. The molecule has 5 N–H and O–H groups in total. The highest BCUT2D eigenvalue weighted by molar-refractivity contribution is 5.76. The topological polar surface area (TPSA) is 116 Å². The third kappa shape index (κ3) is 5.38. The highest BCUT2D eigenvalue weighted by atomic mass is 16.5. The highest BCUT2D eigenvalue weighted by Crippen LogP contribution is 2.14. The third-order valence-electron chi connectivity index (χ3n) is 2.93. The Morgan fingerprint density at radius 1 is 1.25 bits per heavy atom. The van der Waals surface area contributed by atoms with Crippen molar-refractivity contribution in [3.63, 3.8) is 0 Å². The second kappa shape index (κ2) is 8.29. The average molecular weight is 280 g/mol. The lowest BCUT2D eigenvalue weighted by atomic mass is 9.97. The monoisotopic (exact) mass is 280 g/mol. The van der Waals surface area contributed by atoms with E-state index in [0.717, 1.165) is 5.56 Å². The maximum Gasteiger partial charge on any atom is 0.320 e. The summed E-state index contributed by atoms with van der Waals surface area (Å²) in [6.45, 7) is 0.431. The van der Waals surface area contributed by atoms with Crippen molar-refractivity contribution >= 4 is 11.9 Å². The second-order valence-electron chi connectivity index (χ2n) is 4.55. The van der Waals surface area contributed by atoms with Crippen molar-refractivity contribution in [1.82, 2.24) is 0 Å². The number of carboxylic acids is 1. The number of carbonyl (C=O) groups is 2. The van der Waals surface area contributed by atoms with Crippen LogP contribution in [-0.4, -0.2) is 29.6 Å². The zero-order valence-corrected chi connectivity index (χ0v) is 11.2. The average Bonchev–Trinajstić information content (AvgIpc) is 2.45. The smallest absolute Gasteiger partial charge is 0.320 e. The largest absolute Gasteiger partial charge is 0.480 e. The molecule has 6 heteroatoms. The molecule has 1 rings (SSSR count). The van der Waals surface area contributed by atoms with E-state index in [1.807, 2.05) is 30.3 Å². The van der Waals surface area contributed by atoms with Crippen molar-refractivity contribution in [1.29, 1.82) is 0 Å². The van der Waals surface area contributed by atoms with Crippen LogP contribution in [0.5, 0.6) is 0 Å². The number of nitrogens with two attached hydrogens (primary N) is 2. The van der Waals surface area contributed by atoms with Crippen LogP contribution in [0.1, 0.15) is 18.4 Å². The van der Waals surface area contributed by atoms with E-state index in [9.17, 15) is 9.59 Å². The van der Waals surface area contributed by atoms with Gasteiger partial charge in [0.1, 0.15) is 12.6 Å². The molecule has 0 bridgehead atoms.